The molecule has 0 aromatic heterocycles. The van der Waals surface area contributed by atoms with Gasteiger partial charge in [0.05, 0.1) is 36.8 Å². The van der Waals surface area contributed by atoms with E-state index in [1.807, 2.05) is 6.07 Å². The van der Waals surface area contributed by atoms with Crippen molar-refractivity contribution in [2.24, 2.45) is 0 Å². The summed E-state index contributed by atoms with van der Waals surface area (Å²) in [5, 5.41) is 12.0. The van der Waals surface area contributed by atoms with Gasteiger partial charge >= 0.3 is 5.97 Å². The molecular weight excluding hydrogens is 1100 g/mol. The van der Waals surface area contributed by atoms with Crippen molar-refractivity contribution in [2.75, 3.05) is 65.3 Å². The fourth-order valence-corrected chi connectivity index (χ4v) is 6.22. The number of ether oxygens (including phenoxy) is 5. The molecule has 63 heavy (non-hydrogen) atoms. The normalized spacial score (nSPS) is 11.5. The molecule has 1 heterocycles. The number of aromatic hydroxyl groups is 1. The number of nitrogens with zero attached hydrogens (tertiary/aromatic N) is 1. The Bertz CT molecular complexity index is 2200. The summed E-state index contributed by atoms with van der Waals surface area (Å²) in [6, 6.07) is 21.6. The lowest BCUT2D eigenvalue weighted by atomic mass is 10.1. The quantitative estimate of drug-likeness (QED) is 0.0331. The highest BCUT2D eigenvalue weighted by atomic mass is 79.9. The summed E-state index contributed by atoms with van der Waals surface area (Å²) < 4.78 is 90.3. The number of hydrogen-bond donors (Lipinski definition) is 2. The first-order valence-electron chi connectivity index (χ1n) is 18.6. The minimum Gasteiger partial charge on any atom is -0.508 e. The summed E-state index contributed by atoms with van der Waals surface area (Å²) in [7, 11) is 3.18. The van der Waals surface area contributed by atoms with Gasteiger partial charge in [-0.25, -0.2) is 22.0 Å². The van der Waals surface area contributed by atoms with Gasteiger partial charge in [0, 0.05) is 52.9 Å². The van der Waals surface area contributed by atoms with Gasteiger partial charge in [-0.15, -0.1) is 0 Å². The lowest BCUT2D eigenvalue weighted by Gasteiger charge is -2.30. The molecule has 0 aliphatic carbocycles. The predicted molar refractivity (Wildman–Crippen MR) is 245 cm³/mol. The zero-order valence-electron chi connectivity index (χ0n) is 34.5. The summed E-state index contributed by atoms with van der Waals surface area (Å²) in [5.74, 6) is -1.04. The van der Waals surface area contributed by atoms with E-state index in [9.17, 15) is 31.5 Å². The standard InChI is InChI=1S/C13H19FN2O2.C9H10BrFO2.C8H6BrFO2.C8H6BrFO.C6H4BrFO/c1-17-10-18-9-11-2-3-12(14)13(8-11)16-6-4-15-5-7-16;1-12-4-5-13-7-2-3-9(11)8(10)6-7;1-5(11)12-6-2-3-8(10)7(9)4-6;1-5(11)6-2-3-8(10)7(9)4-6;7-5-3-4(9)1-2-6(5)8/h2-3,8,15H,4-7,9-10H2,1H3;2-3,6H,4-5H2,1H3;2-4H,1H3;2-4H,1H3;1-3,9H. The fourth-order valence-electron chi connectivity index (χ4n) is 4.75. The molecule has 2 N–H and O–H groups in total. The Hall–Kier alpha value is -3.95. The number of benzene rings is 5. The van der Waals surface area contributed by atoms with Crippen LogP contribution < -0.4 is 19.7 Å². The molecule has 0 amide bonds. The van der Waals surface area contributed by atoms with Crippen molar-refractivity contribution in [3.8, 4) is 17.2 Å². The van der Waals surface area contributed by atoms with Crippen LogP contribution in [0.1, 0.15) is 29.8 Å². The number of methoxy groups -OCH3 is 2. The number of hydrogen-bond acceptors (Lipinski definition) is 10. The minimum absolute atomic E-state index is 0.0586. The van der Waals surface area contributed by atoms with Crippen molar-refractivity contribution < 1.29 is 60.3 Å². The van der Waals surface area contributed by atoms with Crippen LogP contribution in [0.2, 0.25) is 0 Å². The summed E-state index contributed by atoms with van der Waals surface area (Å²) in [6.45, 7) is 7.86. The molecule has 1 fully saturated rings. The second-order valence-corrected chi connectivity index (χ2v) is 16.1. The summed E-state index contributed by atoms with van der Waals surface area (Å²) in [6.07, 6.45) is 0. The van der Waals surface area contributed by atoms with E-state index in [0.717, 1.165) is 31.7 Å². The number of ketones is 1. The second-order valence-electron chi connectivity index (χ2n) is 12.6. The molecule has 0 atom stereocenters. The number of phenols is 1. The molecule has 0 unspecified atom stereocenters. The molecule has 0 radical (unpaired) electrons. The molecule has 1 aliphatic rings. The average molecular weight is 1140 g/mol. The molecule has 342 valence electrons. The fraction of sp³-hybridized carbons (Fsp3) is 0.273. The SMILES string of the molecule is CC(=O)Oc1ccc(F)c(Br)c1.CC(=O)c1ccc(F)c(Br)c1.COCCOc1ccc(F)c(Br)c1.COCOCc1ccc(F)c(N2CCNCC2)c1.Oc1ccc(F)c(Br)c1. The van der Waals surface area contributed by atoms with Gasteiger partial charge in [-0.2, -0.15) is 0 Å². The summed E-state index contributed by atoms with van der Waals surface area (Å²) in [4.78, 5) is 23.3. The van der Waals surface area contributed by atoms with Crippen LogP contribution in [0, 0.1) is 29.1 Å². The highest BCUT2D eigenvalue weighted by molar-refractivity contribution is 9.11. The third-order valence-electron chi connectivity index (χ3n) is 7.77. The van der Waals surface area contributed by atoms with Gasteiger partial charge in [0.2, 0.25) is 0 Å². The Morgan fingerprint density at radius 3 is 1.68 bits per heavy atom. The van der Waals surface area contributed by atoms with Crippen LogP contribution in [0.25, 0.3) is 0 Å². The lowest BCUT2D eigenvalue weighted by Crippen LogP contribution is -2.43. The Kier molecular flexibility index (Phi) is 26.5. The minimum atomic E-state index is -0.423. The molecule has 6 rings (SSSR count). The molecule has 5 aromatic carbocycles. The van der Waals surface area contributed by atoms with E-state index in [4.69, 9.17) is 28.8 Å². The Morgan fingerprint density at radius 2 is 1.17 bits per heavy atom. The van der Waals surface area contributed by atoms with Crippen LogP contribution in [0.5, 0.6) is 17.2 Å². The molecule has 19 heteroatoms. The van der Waals surface area contributed by atoms with Crippen molar-refractivity contribution in [1.82, 2.24) is 5.32 Å². The Labute approximate surface area is 396 Å². The van der Waals surface area contributed by atoms with Gasteiger partial charge in [0.15, 0.2) is 5.78 Å². The predicted octanol–water partition coefficient (Wildman–Crippen LogP) is 11.6. The monoisotopic (exact) mass is 1140 g/mol. The van der Waals surface area contributed by atoms with Gasteiger partial charge in [0.1, 0.15) is 59.7 Å². The molecule has 10 nitrogen and oxygen atoms in total. The number of halogens is 9. The largest absolute Gasteiger partial charge is 0.508 e. The van der Waals surface area contributed by atoms with Crippen LogP contribution in [0.4, 0.5) is 27.6 Å². The number of esters is 1. The zero-order chi connectivity index (χ0) is 46.9. The van der Waals surface area contributed by atoms with E-state index < -0.39 is 5.97 Å². The van der Waals surface area contributed by atoms with Gasteiger partial charge in [-0.1, -0.05) is 6.07 Å². The van der Waals surface area contributed by atoms with Gasteiger partial charge < -0.3 is 39.0 Å². The van der Waals surface area contributed by atoms with Crippen LogP contribution in [0.3, 0.4) is 0 Å². The second kappa shape index (κ2) is 30.2. The van der Waals surface area contributed by atoms with Crippen LogP contribution in [-0.4, -0.2) is 77.3 Å². The van der Waals surface area contributed by atoms with E-state index in [-0.39, 0.29) is 56.4 Å². The van der Waals surface area contributed by atoms with Crippen molar-refractivity contribution in [2.45, 2.75) is 20.5 Å². The van der Waals surface area contributed by atoms with Crippen molar-refractivity contribution >= 4 is 81.2 Å². The van der Waals surface area contributed by atoms with Gasteiger partial charge in [-0.05, 0) is 161 Å². The summed E-state index contributed by atoms with van der Waals surface area (Å²) in [5.41, 5.74) is 2.13. The Balaban J connectivity index is 0.000000276. The number of anilines is 1. The maximum Gasteiger partial charge on any atom is 0.308 e. The molecule has 5 aromatic rings. The first-order chi connectivity index (χ1) is 29.9. The first kappa shape index (κ1) is 55.2. The highest BCUT2D eigenvalue weighted by Crippen LogP contribution is 2.24. The number of nitrogens with one attached hydrogen (secondary N) is 1. The smallest absolute Gasteiger partial charge is 0.308 e. The number of phenolic OH excluding ortho intramolecular Hbond substituents is 1. The van der Waals surface area contributed by atoms with E-state index >= 15 is 0 Å². The number of rotatable bonds is 11. The lowest BCUT2D eigenvalue weighted by molar-refractivity contribution is -0.131. The third-order valence-corrected chi connectivity index (χ3v) is 10.2. The first-order valence-corrected chi connectivity index (χ1v) is 21.7. The van der Waals surface area contributed by atoms with Crippen molar-refractivity contribution in [1.29, 1.82) is 0 Å². The highest BCUT2D eigenvalue weighted by Gasteiger charge is 2.15. The van der Waals surface area contributed by atoms with E-state index in [1.54, 1.807) is 32.4 Å². The van der Waals surface area contributed by atoms with Gasteiger partial charge in [-0.3, -0.25) is 9.59 Å². The van der Waals surface area contributed by atoms with E-state index in [2.05, 4.69) is 73.9 Å². The topological polar surface area (TPSA) is 116 Å². The van der Waals surface area contributed by atoms with Crippen LogP contribution in [-0.2, 0) is 25.6 Å². The van der Waals surface area contributed by atoms with Crippen LogP contribution in [0.15, 0.2) is 109 Å². The van der Waals surface area contributed by atoms with Crippen molar-refractivity contribution in [3.05, 3.63) is 149 Å². The zero-order valence-corrected chi connectivity index (χ0v) is 40.8. The maximum atomic E-state index is 13.8. The molecule has 1 aliphatic heterocycles. The third kappa shape index (κ3) is 22.0. The molecular formula is C44H45Br4F5N2O8. The van der Waals surface area contributed by atoms with Crippen LogP contribution >= 0.6 is 63.7 Å². The van der Waals surface area contributed by atoms with Gasteiger partial charge in [0.25, 0.3) is 0 Å². The van der Waals surface area contributed by atoms with E-state index in [0.29, 0.717) is 51.5 Å². The number of carbonyl (C=O) groups excluding carboxylic acids is 2. The van der Waals surface area contributed by atoms with Crippen molar-refractivity contribution in [3.63, 3.8) is 0 Å². The summed E-state index contributed by atoms with van der Waals surface area (Å²) >= 11 is 11.9. The van der Waals surface area contributed by atoms with E-state index in [1.165, 1.54) is 80.6 Å². The molecule has 0 saturated carbocycles. The average Bonchev–Trinajstić information content (AvgIpc) is 3.25. The number of piperazine rings is 1. The number of carbonyl (C=O) groups is 2. The molecule has 0 spiro atoms. The molecule has 0 bridgehead atoms. The Morgan fingerprint density at radius 1 is 0.651 bits per heavy atom. The maximum absolute atomic E-state index is 13.8. The number of Topliss-reactive ketones (excluding diaryl/α,β-unsaturated/α-hetero) is 1. The molecule has 1 saturated heterocycles.